The number of unbranched alkanes of at least 4 members (excludes halogenated alkanes) is 22. The Labute approximate surface area is 371 Å². The van der Waals surface area contributed by atoms with E-state index < -0.39 is 11.9 Å². The number of amides is 2. The van der Waals surface area contributed by atoms with Crippen molar-refractivity contribution in [2.45, 2.75) is 194 Å². The van der Waals surface area contributed by atoms with E-state index in [1.807, 2.05) is 0 Å². The number of carboxylic acid groups (broad SMARTS) is 2. The number of carbonyl (C=O) groups excluding carboxylic acids is 4. The van der Waals surface area contributed by atoms with Crippen molar-refractivity contribution >= 4 is 23.8 Å². The van der Waals surface area contributed by atoms with Gasteiger partial charge in [0.15, 0.2) is 0 Å². The van der Waals surface area contributed by atoms with Gasteiger partial charge in [-0.1, -0.05) is 141 Å². The molecule has 2 amide bonds. The van der Waals surface area contributed by atoms with Crippen LogP contribution in [0.15, 0.2) is 24.3 Å². The summed E-state index contributed by atoms with van der Waals surface area (Å²) in [5, 5.41) is 25.0. The van der Waals surface area contributed by atoms with Gasteiger partial charge < -0.3 is 30.4 Å². The molecule has 10 heteroatoms. The molecule has 50 heavy (non-hydrogen) atoms. The van der Waals surface area contributed by atoms with Crippen molar-refractivity contribution in [2.24, 2.45) is 0 Å². The third-order valence-corrected chi connectivity index (χ3v) is 8.19. The Balaban J connectivity index is -0.000000407. The van der Waals surface area contributed by atoms with Gasteiger partial charge in [-0.2, -0.15) is 0 Å². The van der Waals surface area contributed by atoms with E-state index in [0.717, 1.165) is 51.4 Å². The Morgan fingerprint density at radius 1 is 0.420 bits per heavy atom. The van der Waals surface area contributed by atoms with Gasteiger partial charge in [0.25, 0.3) is 0 Å². The van der Waals surface area contributed by atoms with Gasteiger partial charge in [-0.15, -0.1) is 0 Å². The molecule has 280 valence electrons. The maximum absolute atomic E-state index is 11.3. The van der Waals surface area contributed by atoms with Crippen LogP contribution in [-0.4, -0.2) is 36.8 Å². The zero-order chi connectivity index (χ0) is 35.8. The van der Waals surface area contributed by atoms with Crippen LogP contribution in [0.25, 0.3) is 0 Å². The molecule has 0 aromatic heterocycles. The summed E-state index contributed by atoms with van der Waals surface area (Å²) in [6.07, 6.45) is 41.9. The van der Waals surface area contributed by atoms with Crippen LogP contribution in [0, 0.1) is 0 Å². The third kappa shape index (κ3) is 54.8. The second-order valence-electron chi connectivity index (χ2n) is 13.0. The summed E-state index contributed by atoms with van der Waals surface area (Å²) in [5.41, 5.74) is 0. The van der Waals surface area contributed by atoms with Crippen LogP contribution in [0.1, 0.15) is 194 Å². The Morgan fingerprint density at radius 3 is 0.920 bits per heavy atom. The largest absolute Gasteiger partial charge is 1.00 e. The molecule has 0 rings (SSSR count). The van der Waals surface area contributed by atoms with Gasteiger partial charge >= 0.3 is 80.9 Å². The second-order valence-corrected chi connectivity index (χ2v) is 13.0. The van der Waals surface area contributed by atoms with Gasteiger partial charge in [-0.3, -0.25) is 9.59 Å². The van der Waals surface area contributed by atoms with Crippen molar-refractivity contribution in [1.29, 1.82) is 0 Å². The van der Waals surface area contributed by atoms with E-state index in [0.29, 0.717) is 12.8 Å². The van der Waals surface area contributed by atoms with E-state index in [1.165, 1.54) is 116 Å². The minimum Gasteiger partial charge on any atom is -0.548 e. The number of aliphatic carboxylic acids is 2. The van der Waals surface area contributed by atoms with Crippen molar-refractivity contribution in [1.82, 2.24) is 10.6 Å². The minimum atomic E-state index is -1.24. The van der Waals surface area contributed by atoms with Gasteiger partial charge in [0.2, 0.25) is 11.8 Å². The molecule has 0 saturated carbocycles. The molecule has 0 aliphatic rings. The van der Waals surface area contributed by atoms with Gasteiger partial charge in [0.1, 0.15) is 0 Å². The molecular formula is C40H72KN2NaO6. The smallest absolute Gasteiger partial charge is 0.548 e. The standard InChI is InChI=1S/2C20H37NO3.K.Na/c2*1-2-3-4-5-6-7-8-9-10-11-12-13-14-15-16-17-19(22)21-18-20(23)24;;/h2*9-10H,2-8,11-18H2,1H3,(H,21,22)(H,23,24);;/q;;2*+1/p-2/b2*10-9-;;. The van der Waals surface area contributed by atoms with Crippen molar-refractivity contribution in [3.63, 3.8) is 0 Å². The van der Waals surface area contributed by atoms with Gasteiger partial charge in [-0.25, -0.2) is 0 Å². The van der Waals surface area contributed by atoms with Gasteiger partial charge in [-0.05, 0) is 64.2 Å². The van der Waals surface area contributed by atoms with Crippen molar-refractivity contribution < 1.29 is 110 Å². The molecule has 0 spiro atoms. The maximum atomic E-state index is 11.3. The minimum absolute atomic E-state index is 0. The van der Waals surface area contributed by atoms with E-state index in [2.05, 4.69) is 48.8 Å². The van der Waals surface area contributed by atoms with Gasteiger partial charge in [0.05, 0.1) is 25.0 Å². The first-order valence-electron chi connectivity index (χ1n) is 19.6. The molecule has 0 atom stereocenters. The zero-order valence-electron chi connectivity index (χ0n) is 33.0. The average Bonchev–Trinajstić information content (AvgIpc) is 3.06. The van der Waals surface area contributed by atoms with E-state index in [-0.39, 0.29) is 106 Å². The van der Waals surface area contributed by atoms with Crippen LogP contribution in [0.5, 0.6) is 0 Å². The molecule has 0 fully saturated rings. The van der Waals surface area contributed by atoms with E-state index in [1.54, 1.807) is 0 Å². The predicted molar refractivity (Wildman–Crippen MR) is 195 cm³/mol. The fraction of sp³-hybridized carbons (Fsp3) is 0.800. The van der Waals surface area contributed by atoms with E-state index >= 15 is 0 Å². The Hall–Kier alpha value is -0.00364. The summed E-state index contributed by atoms with van der Waals surface area (Å²) in [6, 6.07) is 0. The molecule has 0 saturated heterocycles. The second kappa shape index (κ2) is 49.0. The molecular weight excluding hydrogens is 667 g/mol. The summed E-state index contributed by atoms with van der Waals surface area (Å²) >= 11 is 0. The fourth-order valence-corrected chi connectivity index (χ4v) is 5.23. The van der Waals surface area contributed by atoms with Crippen molar-refractivity contribution in [3.05, 3.63) is 24.3 Å². The molecule has 2 N–H and O–H groups in total. The molecule has 0 aliphatic heterocycles. The predicted octanol–water partition coefficient (Wildman–Crippen LogP) is 1.79. The monoisotopic (exact) mass is 738 g/mol. The molecule has 0 aromatic carbocycles. The molecule has 0 radical (unpaired) electrons. The fourth-order valence-electron chi connectivity index (χ4n) is 5.23. The quantitative estimate of drug-likeness (QED) is 0.0587. The Kier molecular flexibility index (Phi) is 55.6. The first-order chi connectivity index (χ1) is 23.3. The molecule has 0 aromatic rings. The molecule has 0 unspecified atom stereocenters. The summed E-state index contributed by atoms with van der Waals surface area (Å²) in [6.45, 7) is 3.73. The Bertz CT molecular complexity index is 760. The van der Waals surface area contributed by atoms with Crippen LogP contribution >= 0.6 is 0 Å². The summed E-state index contributed by atoms with van der Waals surface area (Å²) in [5.74, 6) is -2.88. The average molecular weight is 739 g/mol. The van der Waals surface area contributed by atoms with Gasteiger partial charge in [0, 0.05) is 12.8 Å². The van der Waals surface area contributed by atoms with Crippen molar-refractivity contribution in [2.75, 3.05) is 13.1 Å². The number of carboxylic acids is 2. The number of nitrogens with one attached hydrogen (secondary N) is 2. The SMILES string of the molecule is CCCCCCCC/C=C\CCCCCCCC(=O)NCC(=O)[O-].CCCCCCCC/C=C\CCCCCCCC(=O)NCC(=O)[O-].[K+].[Na+]. The van der Waals surface area contributed by atoms with Crippen LogP contribution < -0.4 is 102 Å². The number of allylic oxidation sites excluding steroid dienone is 4. The van der Waals surface area contributed by atoms with E-state index in [9.17, 15) is 29.4 Å². The van der Waals surface area contributed by atoms with Crippen LogP contribution in [-0.2, 0) is 19.2 Å². The first-order valence-corrected chi connectivity index (χ1v) is 19.6. The number of rotatable bonds is 34. The van der Waals surface area contributed by atoms with Crippen LogP contribution in [0.3, 0.4) is 0 Å². The van der Waals surface area contributed by atoms with E-state index in [4.69, 9.17) is 0 Å². The first kappa shape index (κ1) is 56.7. The summed E-state index contributed by atoms with van der Waals surface area (Å²) in [7, 11) is 0. The normalized spacial score (nSPS) is 10.6. The van der Waals surface area contributed by atoms with Crippen LogP contribution in [0.2, 0.25) is 0 Å². The molecule has 0 bridgehead atoms. The summed E-state index contributed by atoms with van der Waals surface area (Å²) < 4.78 is 0. The summed E-state index contributed by atoms with van der Waals surface area (Å²) in [4.78, 5) is 42.9. The van der Waals surface area contributed by atoms with Crippen molar-refractivity contribution in [3.8, 4) is 0 Å². The number of hydrogen-bond donors (Lipinski definition) is 2. The topological polar surface area (TPSA) is 138 Å². The Morgan fingerprint density at radius 2 is 0.660 bits per heavy atom. The molecule has 0 heterocycles. The molecule has 8 nitrogen and oxygen atoms in total. The maximum Gasteiger partial charge on any atom is 1.00 e. The number of hydrogen-bond acceptors (Lipinski definition) is 6. The zero-order valence-corrected chi connectivity index (χ0v) is 38.1. The number of carbonyl (C=O) groups is 4. The molecule has 0 aliphatic carbocycles. The van der Waals surface area contributed by atoms with Crippen LogP contribution in [0.4, 0.5) is 0 Å². The third-order valence-electron chi connectivity index (χ3n) is 8.19.